The third-order valence-corrected chi connectivity index (χ3v) is 2.26. The van der Waals surface area contributed by atoms with Crippen molar-refractivity contribution in [1.29, 1.82) is 0 Å². The summed E-state index contributed by atoms with van der Waals surface area (Å²) in [5.41, 5.74) is -0.534. The van der Waals surface area contributed by atoms with Gasteiger partial charge in [0.05, 0.1) is 5.75 Å². The SMILES string of the molecule is C#CC(C)(C)CS(C)(=O)=O. The third-order valence-electron chi connectivity index (χ3n) is 1.01. The lowest BCUT2D eigenvalue weighted by molar-refractivity contribution is 0.541. The van der Waals surface area contributed by atoms with Crippen LogP contribution in [0.25, 0.3) is 0 Å². The van der Waals surface area contributed by atoms with Crippen LogP contribution in [0.15, 0.2) is 0 Å². The van der Waals surface area contributed by atoms with Crippen molar-refractivity contribution in [3.8, 4) is 12.3 Å². The smallest absolute Gasteiger partial charge is 0.148 e. The van der Waals surface area contributed by atoms with Gasteiger partial charge in [0.1, 0.15) is 9.84 Å². The maximum atomic E-state index is 10.7. The van der Waals surface area contributed by atoms with Gasteiger partial charge in [-0.05, 0) is 13.8 Å². The summed E-state index contributed by atoms with van der Waals surface area (Å²) in [6.07, 6.45) is 6.29. The summed E-state index contributed by atoms with van der Waals surface area (Å²) in [6, 6.07) is 0. The molecule has 0 amide bonds. The molecular formula is C7H12O2S. The zero-order valence-electron chi connectivity index (χ0n) is 6.51. The highest BCUT2D eigenvalue weighted by Crippen LogP contribution is 2.14. The van der Waals surface area contributed by atoms with Crippen LogP contribution in [0, 0.1) is 17.8 Å². The van der Waals surface area contributed by atoms with Crippen molar-refractivity contribution in [3.63, 3.8) is 0 Å². The van der Waals surface area contributed by atoms with E-state index in [1.165, 1.54) is 6.26 Å². The van der Waals surface area contributed by atoms with E-state index < -0.39 is 15.3 Å². The predicted molar refractivity (Wildman–Crippen MR) is 42.3 cm³/mol. The van der Waals surface area contributed by atoms with Crippen molar-refractivity contribution in [2.24, 2.45) is 5.41 Å². The van der Waals surface area contributed by atoms with Crippen molar-refractivity contribution in [3.05, 3.63) is 0 Å². The van der Waals surface area contributed by atoms with Gasteiger partial charge < -0.3 is 0 Å². The van der Waals surface area contributed by atoms with Gasteiger partial charge in [0.15, 0.2) is 0 Å². The van der Waals surface area contributed by atoms with Crippen molar-refractivity contribution in [1.82, 2.24) is 0 Å². The zero-order chi connectivity index (χ0) is 8.41. The largest absolute Gasteiger partial charge is 0.229 e. The van der Waals surface area contributed by atoms with Gasteiger partial charge in [-0.2, -0.15) is 0 Å². The van der Waals surface area contributed by atoms with Gasteiger partial charge in [0, 0.05) is 11.7 Å². The standard InChI is InChI=1S/C7H12O2S/c1-5-7(2,3)6-10(4,8)9/h1H,6H2,2-4H3. The first-order valence-electron chi connectivity index (χ1n) is 2.92. The fourth-order valence-corrected chi connectivity index (χ4v) is 2.09. The fourth-order valence-electron chi connectivity index (χ4n) is 0.697. The molecule has 0 radical (unpaired) electrons. The summed E-state index contributed by atoms with van der Waals surface area (Å²) in [6.45, 7) is 3.46. The van der Waals surface area contributed by atoms with Gasteiger partial charge in [-0.1, -0.05) is 5.92 Å². The van der Waals surface area contributed by atoms with Gasteiger partial charge in [-0.25, -0.2) is 8.42 Å². The molecule has 0 saturated heterocycles. The molecule has 2 nitrogen and oxygen atoms in total. The Balaban J connectivity index is 4.35. The van der Waals surface area contributed by atoms with E-state index in [2.05, 4.69) is 5.92 Å². The molecule has 0 unspecified atom stereocenters. The van der Waals surface area contributed by atoms with Crippen LogP contribution in [-0.4, -0.2) is 20.4 Å². The number of hydrogen-bond donors (Lipinski definition) is 0. The highest BCUT2D eigenvalue weighted by Gasteiger charge is 2.19. The normalized spacial score (nSPS) is 12.6. The molecule has 0 aromatic heterocycles. The lowest BCUT2D eigenvalue weighted by atomic mass is 9.98. The first kappa shape index (κ1) is 9.51. The maximum Gasteiger partial charge on any atom is 0.148 e. The van der Waals surface area contributed by atoms with E-state index in [9.17, 15) is 8.42 Å². The molecule has 0 aliphatic rings. The molecule has 0 atom stereocenters. The summed E-state index contributed by atoms with van der Waals surface area (Å²) in [4.78, 5) is 0. The molecule has 3 heteroatoms. The first-order chi connectivity index (χ1) is 4.27. The number of terminal acetylenes is 1. The molecule has 10 heavy (non-hydrogen) atoms. The van der Waals surface area contributed by atoms with Crippen LogP contribution in [0.5, 0.6) is 0 Å². The molecule has 0 aliphatic carbocycles. The Labute approximate surface area is 62.6 Å². The predicted octanol–water partition coefficient (Wildman–Crippen LogP) is 0.690. The Hall–Kier alpha value is -0.490. The molecule has 0 saturated carbocycles. The van der Waals surface area contributed by atoms with E-state index in [4.69, 9.17) is 6.42 Å². The van der Waals surface area contributed by atoms with E-state index in [0.29, 0.717) is 0 Å². The number of hydrogen-bond acceptors (Lipinski definition) is 2. The zero-order valence-corrected chi connectivity index (χ0v) is 7.33. The molecule has 0 N–H and O–H groups in total. The minimum Gasteiger partial charge on any atom is -0.229 e. The van der Waals surface area contributed by atoms with Crippen LogP contribution in [0.4, 0.5) is 0 Å². The van der Waals surface area contributed by atoms with E-state index in [1.54, 1.807) is 13.8 Å². The summed E-state index contributed by atoms with van der Waals surface area (Å²) >= 11 is 0. The molecule has 0 heterocycles. The first-order valence-corrected chi connectivity index (χ1v) is 4.98. The molecule has 0 spiro atoms. The molecule has 58 valence electrons. The van der Waals surface area contributed by atoms with Crippen LogP contribution < -0.4 is 0 Å². The van der Waals surface area contributed by atoms with Crippen LogP contribution in [0.1, 0.15) is 13.8 Å². The van der Waals surface area contributed by atoms with Crippen molar-refractivity contribution in [2.45, 2.75) is 13.8 Å². The molecule has 0 aliphatic heterocycles. The maximum absolute atomic E-state index is 10.7. The highest BCUT2D eigenvalue weighted by molar-refractivity contribution is 7.90. The van der Waals surface area contributed by atoms with Crippen molar-refractivity contribution in [2.75, 3.05) is 12.0 Å². The second-order valence-electron chi connectivity index (χ2n) is 3.10. The third kappa shape index (κ3) is 4.39. The second-order valence-corrected chi connectivity index (χ2v) is 5.24. The summed E-state index contributed by atoms with van der Waals surface area (Å²) in [5, 5.41) is 0. The van der Waals surface area contributed by atoms with Crippen molar-refractivity contribution < 1.29 is 8.42 Å². The highest BCUT2D eigenvalue weighted by atomic mass is 32.2. The quantitative estimate of drug-likeness (QED) is 0.557. The van der Waals surface area contributed by atoms with Crippen LogP contribution in [0.2, 0.25) is 0 Å². The topological polar surface area (TPSA) is 34.1 Å². The van der Waals surface area contributed by atoms with Gasteiger partial charge in [0.25, 0.3) is 0 Å². The summed E-state index contributed by atoms with van der Waals surface area (Å²) < 4.78 is 21.4. The van der Waals surface area contributed by atoms with E-state index >= 15 is 0 Å². The van der Waals surface area contributed by atoms with Crippen LogP contribution >= 0.6 is 0 Å². The number of sulfone groups is 1. The van der Waals surface area contributed by atoms with E-state index in [1.807, 2.05) is 0 Å². The Morgan fingerprint density at radius 3 is 2.00 bits per heavy atom. The van der Waals surface area contributed by atoms with Gasteiger partial charge in [0.2, 0.25) is 0 Å². The minimum atomic E-state index is -2.94. The summed E-state index contributed by atoms with van der Waals surface area (Å²) in [5.74, 6) is 2.47. The average molecular weight is 160 g/mol. The molecule has 0 aromatic carbocycles. The van der Waals surface area contributed by atoms with Gasteiger partial charge in [-0.15, -0.1) is 6.42 Å². The Morgan fingerprint density at radius 2 is 1.90 bits per heavy atom. The molecule has 0 rings (SSSR count). The Morgan fingerprint density at radius 1 is 1.50 bits per heavy atom. The van der Waals surface area contributed by atoms with Gasteiger partial charge >= 0.3 is 0 Å². The molecule has 0 aromatic rings. The number of rotatable bonds is 2. The van der Waals surface area contributed by atoms with Crippen LogP contribution in [0.3, 0.4) is 0 Å². The van der Waals surface area contributed by atoms with E-state index in [0.717, 1.165) is 0 Å². The molecule has 0 bridgehead atoms. The van der Waals surface area contributed by atoms with Gasteiger partial charge in [-0.3, -0.25) is 0 Å². The fraction of sp³-hybridized carbons (Fsp3) is 0.714. The van der Waals surface area contributed by atoms with Crippen LogP contribution in [-0.2, 0) is 9.84 Å². The lowest BCUT2D eigenvalue weighted by Gasteiger charge is -2.14. The Kier molecular flexibility index (Phi) is 2.50. The lowest BCUT2D eigenvalue weighted by Crippen LogP contribution is -2.21. The minimum absolute atomic E-state index is 0.0521. The average Bonchev–Trinajstić information content (AvgIpc) is 1.60. The Bertz CT molecular complexity index is 241. The summed E-state index contributed by atoms with van der Waals surface area (Å²) in [7, 11) is -2.94. The van der Waals surface area contributed by atoms with E-state index in [-0.39, 0.29) is 5.75 Å². The van der Waals surface area contributed by atoms with Crippen molar-refractivity contribution >= 4 is 9.84 Å². The monoisotopic (exact) mass is 160 g/mol. The molecule has 0 fully saturated rings. The molecular weight excluding hydrogens is 148 g/mol. The second kappa shape index (κ2) is 2.63.